The van der Waals surface area contributed by atoms with E-state index in [4.69, 9.17) is 9.84 Å². The Kier molecular flexibility index (Phi) is 4.57. The number of hydrogen-bond acceptors (Lipinski definition) is 3. The molecule has 2 atom stereocenters. The first-order valence-electron chi connectivity index (χ1n) is 6.73. The van der Waals surface area contributed by atoms with Gasteiger partial charge in [-0.25, -0.2) is 4.39 Å². The summed E-state index contributed by atoms with van der Waals surface area (Å²) in [5.41, 5.74) is 0.885. The van der Waals surface area contributed by atoms with E-state index in [-0.39, 0.29) is 24.0 Å². The van der Waals surface area contributed by atoms with Crippen LogP contribution in [0.1, 0.15) is 28.8 Å². The zero-order valence-corrected chi connectivity index (χ0v) is 12.0. The summed E-state index contributed by atoms with van der Waals surface area (Å²) >= 11 is 0. The number of rotatable bonds is 4. The first kappa shape index (κ1) is 15.4. The summed E-state index contributed by atoms with van der Waals surface area (Å²) in [4.78, 5) is 24.9. The quantitative estimate of drug-likeness (QED) is 0.920. The average molecular weight is 295 g/mol. The molecule has 0 aromatic heterocycles. The molecule has 1 heterocycles. The van der Waals surface area contributed by atoms with E-state index in [1.165, 1.54) is 24.1 Å². The van der Waals surface area contributed by atoms with Gasteiger partial charge in [-0.2, -0.15) is 0 Å². The minimum Gasteiger partial charge on any atom is -0.481 e. The molecule has 1 N–H and O–H groups in total. The first-order valence-corrected chi connectivity index (χ1v) is 6.73. The van der Waals surface area contributed by atoms with Crippen molar-refractivity contribution in [2.75, 3.05) is 13.7 Å². The molecule has 1 saturated heterocycles. The maximum atomic E-state index is 13.4. The molecule has 2 rings (SSSR count). The predicted octanol–water partition coefficient (Wildman–Crippen LogP) is 1.84. The summed E-state index contributed by atoms with van der Waals surface area (Å²) in [5.74, 6) is -1.80. The van der Waals surface area contributed by atoms with Crippen LogP contribution in [0.3, 0.4) is 0 Å². The van der Waals surface area contributed by atoms with Crippen LogP contribution in [0.5, 0.6) is 0 Å². The highest BCUT2D eigenvalue weighted by atomic mass is 19.1. The highest BCUT2D eigenvalue weighted by molar-refractivity contribution is 5.95. The Hall–Kier alpha value is -1.95. The lowest BCUT2D eigenvalue weighted by atomic mass is 10.1. The van der Waals surface area contributed by atoms with Crippen molar-refractivity contribution in [3.8, 4) is 0 Å². The molecule has 6 heteroatoms. The van der Waals surface area contributed by atoms with Crippen molar-refractivity contribution in [1.29, 1.82) is 0 Å². The van der Waals surface area contributed by atoms with E-state index in [0.29, 0.717) is 18.5 Å². The van der Waals surface area contributed by atoms with Crippen LogP contribution in [0.4, 0.5) is 4.39 Å². The fourth-order valence-electron chi connectivity index (χ4n) is 2.71. The van der Waals surface area contributed by atoms with Crippen molar-refractivity contribution in [3.63, 3.8) is 0 Å². The second-order valence-electron chi connectivity index (χ2n) is 5.32. The topological polar surface area (TPSA) is 66.8 Å². The molecule has 0 saturated carbocycles. The third-order valence-corrected chi connectivity index (χ3v) is 3.67. The van der Waals surface area contributed by atoms with Crippen LogP contribution in [-0.4, -0.2) is 47.7 Å². The second kappa shape index (κ2) is 6.22. The lowest BCUT2D eigenvalue weighted by Crippen LogP contribution is -2.37. The maximum absolute atomic E-state index is 13.4. The largest absolute Gasteiger partial charge is 0.481 e. The lowest BCUT2D eigenvalue weighted by Gasteiger charge is -2.23. The summed E-state index contributed by atoms with van der Waals surface area (Å²) in [6.07, 6.45) is 0.149. The normalized spacial score (nSPS) is 21.6. The number of benzene rings is 1. The van der Waals surface area contributed by atoms with Gasteiger partial charge in [-0.15, -0.1) is 0 Å². The lowest BCUT2D eigenvalue weighted by molar-refractivity contribution is -0.137. The Morgan fingerprint density at radius 2 is 2.14 bits per heavy atom. The van der Waals surface area contributed by atoms with E-state index < -0.39 is 17.8 Å². The van der Waals surface area contributed by atoms with Gasteiger partial charge in [-0.05, 0) is 37.1 Å². The summed E-state index contributed by atoms with van der Waals surface area (Å²) in [6, 6.07) is 3.69. The molecule has 21 heavy (non-hydrogen) atoms. The number of amides is 1. The van der Waals surface area contributed by atoms with Crippen molar-refractivity contribution in [2.45, 2.75) is 31.9 Å². The molecular formula is C15H18FNO4. The van der Waals surface area contributed by atoms with Crippen molar-refractivity contribution < 1.29 is 23.8 Å². The number of methoxy groups -OCH3 is 1. The van der Waals surface area contributed by atoms with Gasteiger partial charge in [0.1, 0.15) is 5.82 Å². The Labute approximate surface area is 122 Å². The van der Waals surface area contributed by atoms with Gasteiger partial charge in [-0.1, -0.05) is 0 Å². The molecule has 0 radical (unpaired) electrons. The van der Waals surface area contributed by atoms with Crippen molar-refractivity contribution in [2.24, 2.45) is 0 Å². The molecule has 1 aromatic carbocycles. The summed E-state index contributed by atoms with van der Waals surface area (Å²) in [5, 5.41) is 8.95. The minimum absolute atomic E-state index is 0.139. The first-order chi connectivity index (χ1) is 9.90. The Morgan fingerprint density at radius 3 is 2.71 bits per heavy atom. The predicted molar refractivity (Wildman–Crippen MR) is 73.6 cm³/mol. The fraction of sp³-hybridized carbons (Fsp3) is 0.467. The summed E-state index contributed by atoms with van der Waals surface area (Å²) in [7, 11) is 1.53. The van der Waals surface area contributed by atoms with Gasteiger partial charge in [-0.3, -0.25) is 9.59 Å². The Balaban J connectivity index is 2.24. The number of carbonyl (C=O) groups excluding carboxylic acids is 1. The molecule has 1 aliphatic rings. The number of likely N-dealkylation sites (tertiary alicyclic amines) is 1. The average Bonchev–Trinajstić information content (AvgIpc) is 2.79. The number of carboxylic acid groups (broad SMARTS) is 1. The van der Waals surface area contributed by atoms with Gasteiger partial charge in [0.05, 0.1) is 12.5 Å². The van der Waals surface area contributed by atoms with Crippen LogP contribution >= 0.6 is 0 Å². The highest BCUT2D eigenvalue weighted by Crippen LogP contribution is 2.25. The van der Waals surface area contributed by atoms with E-state index in [1.54, 1.807) is 13.0 Å². The molecule has 1 aliphatic heterocycles. The monoisotopic (exact) mass is 295 g/mol. The molecule has 1 aromatic rings. The van der Waals surface area contributed by atoms with Crippen molar-refractivity contribution >= 4 is 11.9 Å². The SMILES string of the molecule is COC1CC(CC(=O)O)N(C(=O)c2cc(C)cc(F)c2)C1. The van der Waals surface area contributed by atoms with E-state index in [9.17, 15) is 14.0 Å². The summed E-state index contributed by atoms with van der Waals surface area (Å²) in [6.45, 7) is 2.03. The Bertz CT molecular complexity index is 540. The van der Waals surface area contributed by atoms with Gasteiger partial charge in [0.25, 0.3) is 5.91 Å². The number of halogens is 1. The van der Waals surface area contributed by atoms with Crippen LogP contribution in [0, 0.1) is 12.7 Å². The molecule has 0 bridgehead atoms. The van der Waals surface area contributed by atoms with Crippen LogP contribution in [0.15, 0.2) is 18.2 Å². The van der Waals surface area contributed by atoms with Crippen LogP contribution in [0.25, 0.3) is 0 Å². The molecular weight excluding hydrogens is 277 g/mol. The molecule has 5 nitrogen and oxygen atoms in total. The molecule has 0 spiro atoms. The zero-order valence-electron chi connectivity index (χ0n) is 12.0. The molecule has 114 valence electrons. The second-order valence-corrected chi connectivity index (χ2v) is 5.32. The minimum atomic E-state index is -0.968. The number of nitrogens with zero attached hydrogens (tertiary/aromatic N) is 1. The van der Waals surface area contributed by atoms with E-state index in [0.717, 1.165) is 0 Å². The smallest absolute Gasteiger partial charge is 0.305 e. The van der Waals surface area contributed by atoms with Crippen molar-refractivity contribution in [3.05, 3.63) is 35.1 Å². The standard InChI is InChI=1S/C15H18FNO4/c1-9-3-10(5-11(16)4-9)15(20)17-8-13(21-2)6-12(17)7-14(18)19/h3-5,12-13H,6-8H2,1-2H3,(H,18,19). The highest BCUT2D eigenvalue weighted by Gasteiger charge is 2.37. The number of carboxylic acids is 1. The van der Waals surface area contributed by atoms with Gasteiger partial charge in [0.2, 0.25) is 0 Å². The number of aliphatic carboxylic acids is 1. The van der Waals surface area contributed by atoms with Crippen LogP contribution in [-0.2, 0) is 9.53 Å². The number of carbonyl (C=O) groups is 2. The Morgan fingerprint density at radius 1 is 1.43 bits per heavy atom. The van der Waals surface area contributed by atoms with Gasteiger partial charge >= 0.3 is 5.97 Å². The van der Waals surface area contributed by atoms with Gasteiger partial charge in [0, 0.05) is 25.3 Å². The number of aryl methyl sites for hydroxylation is 1. The fourth-order valence-corrected chi connectivity index (χ4v) is 2.71. The summed E-state index contributed by atoms with van der Waals surface area (Å²) < 4.78 is 18.7. The molecule has 2 unspecified atom stereocenters. The number of ether oxygens (including phenoxy) is 1. The van der Waals surface area contributed by atoms with Gasteiger partial charge < -0.3 is 14.7 Å². The zero-order chi connectivity index (χ0) is 15.6. The van der Waals surface area contributed by atoms with Crippen LogP contribution in [0.2, 0.25) is 0 Å². The van der Waals surface area contributed by atoms with E-state index >= 15 is 0 Å². The third-order valence-electron chi connectivity index (χ3n) is 3.67. The maximum Gasteiger partial charge on any atom is 0.305 e. The van der Waals surface area contributed by atoms with Gasteiger partial charge in [0.15, 0.2) is 0 Å². The molecule has 1 fully saturated rings. The molecule has 1 amide bonds. The van der Waals surface area contributed by atoms with E-state index in [2.05, 4.69) is 0 Å². The van der Waals surface area contributed by atoms with E-state index in [1.807, 2.05) is 0 Å². The van der Waals surface area contributed by atoms with Crippen LogP contribution < -0.4 is 0 Å². The van der Waals surface area contributed by atoms with Crippen molar-refractivity contribution in [1.82, 2.24) is 4.90 Å². The third kappa shape index (κ3) is 3.58. The molecule has 0 aliphatic carbocycles. The number of hydrogen-bond donors (Lipinski definition) is 1.